The minimum absolute atomic E-state index is 0.190. The number of hydrogen-bond acceptors (Lipinski definition) is 0. The number of fused-ring (bicyclic) bond motifs is 6. The minimum atomic E-state index is -0.190. The van der Waals surface area contributed by atoms with Crippen molar-refractivity contribution in [3.63, 3.8) is 0 Å². The van der Waals surface area contributed by atoms with Gasteiger partial charge < -0.3 is 9.13 Å². The van der Waals surface area contributed by atoms with E-state index in [0.29, 0.717) is 0 Å². The molecule has 7 aromatic rings. The molecule has 0 spiro atoms. The van der Waals surface area contributed by atoms with Crippen molar-refractivity contribution in [2.45, 2.75) is 63.7 Å². The van der Waals surface area contributed by atoms with Gasteiger partial charge in [-0.15, -0.1) is 0 Å². The van der Waals surface area contributed by atoms with Crippen LogP contribution in [-0.2, 0) is 25.7 Å². The molecular formula is C48H40F2N2. The summed E-state index contributed by atoms with van der Waals surface area (Å²) in [7, 11) is 0. The number of benzene rings is 5. The standard InChI is InChI=1S/C48H40F2N2/c49-37-19-21-47-43(28-37)41-15-7-9-17-45(41)51(47)39-26-36(27-40(30-39)52-46-18-10-8-16-42(46)44-29-38(50)20-22-48(44)52)35-24-33(31-11-3-1-4-12-31)23-34(25-35)32-13-5-2-6-14-32/h1-6,11-14,19-24,26-30,34H,7-10,15-18,25H2. The zero-order valence-corrected chi connectivity index (χ0v) is 29.2. The van der Waals surface area contributed by atoms with Gasteiger partial charge in [0.2, 0.25) is 0 Å². The molecule has 0 N–H and O–H groups in total. The van der Waals surface area contributed by atoms with Crippen LogP contribution in [0.15, 0.2) is 127 Å². The van der Waals surface area contributed by atoms with Crippen molar-refractivity contribution < 1.29 is 8.78 Å². The van der Waals surface area contributed by atoms with Crippen LogP contribution in [0.2, 0.25) is 0 Å². The summed E-state index contributed by atoms with van der Waals surface area (Å²) in [6, 6.07) is 39.2. The smallest absolute Gasteiger partial charge is 0.123 e. The highest BCUT2D eigenvalue weighted by atomic mass is 19.1. The van der Waals surface area contributed by atoms with E-state index in [1.807, 2.05) is 12.1 Å². The maximum Gasteiger partial charge on any atom is 0.123 e. The van der Waals surface area contributed by atoms with E-state index in [0.717, 1.165) is 91.0 Å². The van der Waals surface area contributed by atoms with E-state index >= 15 is 0 Å². The SMILES string of the molecule is Fc1ccc2c(c1)c1c(n2-c2cc(C3=CC(c4ccccc4)=CC(c4ccccc4)C3)cc(-n3c4c(c5cc(F)ccc53)CCCC4)c2)CCCC1. The molecular weight excluding hydrogens is 643 g/mol. The van der Waals surface area contributed by atoms with Crippen LogP contribution in [0.5, 0.6) is 0 Å². The molecule has 3 aliphatic carbocycles. The number of nitrogens with zero attached hydrogens (tertiary/aromatic N) is 2. The molecule has 2 nitrogen and oxygen atoms in total. The zero-order valence-electron chi connectivity index (χ0n) is 29.2. The number of aryl methyl sites for hydroxylation is 2. The molecule has 1 unspecified atom stereocenters. The minimum Gasteiger partial charge on any atom is -0.313 e. The third kappa shape index (κ3) is 5.27. The van der Waals surface area contributed by atoms with Crippen LogP contribution in [0.25, 0.3) is 44.3 Å². The Morgan fingerprint density at radius 3 is 1.63 bits per heavy atom. The summed E-state index contributed by atoms with van der Waals surface area (Å²) in [6.07, 6.45) is 14.0. The van der Waals surface area contributed by atoms with E-state index in [2.05, 4.69) is 100 Å². The molecule has 0 radical (unpaired) electrons. The van der Waals surface area contributed by atoms with Crippen molar-refractivity contribution in [3.05, 3.63) is 178 Å². The lowest BCUT2D eigenvalue weighted by atomic mass is 9.81. The Morgan fingerprint density at radius 2 is 1.06 bits per heavy atom. The Kier molecular flexibility index (Phi) is 7.60. The van der Waals surface area contributed by atoms with Gasteiger partial charge >= 0.3 is 0 Å². The highest BCUT2D eigenvalue weighted by Crippen LogP contribution is 2.43. The molecule has 5 aromatic carbocycles. The monoisotopic (exact) mass is 682 g/mol. The number of halogens is 2. The normalized spacial score (nSPS) is 17.2. The molecule has 2 aromatic heterocycles. The number of allylic oxidation sites excluding steroid dienone is 4. The average Bonchev–Trinajstić information content (AvgIpc) is 3.70. The highest BCUT2D eigenvalue weighted by molar-refractivity contribution is 5.92. The van der Waals surface area contributed by atoms with E-state index in [1.54, 1.807) is 24.3 Å². The van der Waals surface area contributed by atoms with Crippen LogP contribution < -0.4 is 0 Å². The molecule has 4 heteroatoms. The van der Waals surface area contributed by atoms with Gasteiger partial charge in [0.25, 0.3) is 0 Å². The van der Waals surface area contributed by atoms with Crippen LogP contribution in [0.3, 0.4) is 0 Å². The first kappa shape index (κ1) is 31.3. The molecule has 2 heterocycles. The third-order valence-corrected chi connectivity index (χ3v) is 11.7. The van der Waals surface area contributed by atoms with E-state index in [4.69, 9.17) is 0 Å². The van der Waals surface area contributed by atoms with Gasteiger partial charge in [0.05, 0.1) is 11.0 Å². The second kappa shape index (κ2) is 12.6. The molecule has 0 amide bonds. The average molecular weight is 683 g/mol. The van der Waals surface area contributed by atoms with E-state index in [-0.39, 0.29) is 17.6 Å². The summed E-state index contributed by atoms with van der Waals surface area (Å²) < 4.78 is 34.5. The van der Waals surface area contributed by atoms with Crippen LogP contribution in [-0.4, -0.2) is 9.13 Å². The molecule has 0 fully saturated rings. The Labute approximate surface area is 303 Å². The lowest BCUT2D eigenvalue weighted by molar-refractivity contribution is 0.629. The fourth-order valence-corrected chi connectivity index (χ4v) is 9.39. The Balaban J connectivity index is 1.24. The van der Waals surface area contributed by atoms with Gasteiger partial charge in [-0.25, -0.2) is 8.78 Å². The van der Waals surface area contributed by atoms with Crippen molar-refractivity contribution in [3.8, 4) is 11.4 Å². The quantitative estimate of drug-likeness (QED) is 0.171. The fraction of sp³-hybridized carbons (Fsp3) is 0.208. The van der Waals surface area contributed by atoms with Crippen molar-refractivity contribution in [2.75, 3.05) is 0 Å². The number of aromatic nitrogens is 2. The second-order valence-corrected chi connectivity index (χ2v) is 14.9. The summed E-state index contributed by atoms with van der Waals surface area (Å²) >= 11 is 0. The van der Waals surface area contributed by atoms with Crippen molar-refractivity contribution >= 4 is 33.0 Å². The zero-order chi connectivity index (χ0) is 34.8. The second-order valence-electron chi connectivity index (χ2n) is 14.9. The maximum atomic E-state index is 14.8. The van der Waals surface area contributed by atoms with Crippen molar-refractivity contribution in [2.24, 2.45) is 0 Å². The lowest BCUT2D eigenvalue weighted by Crippen LogP contribution is -2.10. The van der Waals surface area contributed by atoms with Crippen LogP contribution in [0.1, 0.15) is 77.2 Å². The van der Waals surface area contributed by atoms with Gasteiger partial charge in [0, 0.05) is 39.5 Å². The topological polar surface area (TPSA) is 9.86 Å². The van der Waals surface area contributed by atoms with E-state index < -0.39 is 0 Å². The van der Waals surface area contributed by atoms with Gasteiger partial charge in [-0.2, -0.15) is 0 Å². The largest absolute Gasteiger partial charge is 0.313 e. The molecule has 3 aliphatic rings. The first-order valence-corrected chi connectivity index (χ1v) is 18.9. The first-order chi connectivity index (χ1) is 25.6. The summed E-state index contributed by atoms with van der Waals surface area (Å²) in [5.41, 5.74) is 15.6. The third-order valence-electron chi connectivity index (χ3n) is 11.7. The molecule has 0 bridgehead atoms. The predicted molar refractivity (Wildman–Crippen MR) is 210 cm³/mol. The Morgan fingerprint density at radius 1 is 0.519 bits per heavy atom. The summed E-state index contributed by atoms with van der Waals surface area (Å²) in [6.45, 7) is 0. The van der Waals surface area contributed by atoms with Gasteiger partial charge in [-0.05, 0) is 151 Å². The molecule has 10 rings (SSSR count). The van der Waals surface area contributed by atoms with Gasteiger partial charge in [-0.3, -0.25) is 0 Å². The predicted octanol–water partition coefficient (Wildman–Crippen LogP) is 12.3. The Bertz CT molecular complexity index is 2450. The van der Waals surface area contributed by atoms with Gasteiger partial charge in [0.1, 0.15) is 11.6 Å². The highest BCUT2D eigenvalue weighted by Gasteiger charge is 2.26. The summed E-state index contributed by atoms with van der Waals surface area (Å²) in [4.78, 5) is 0. The van der Waals surface area contributed by atoms with Gasteiger partial charge in [0.15, 0.2) is 0 Å². The van der Waals surface area contributed by atoms with Crippen LogP contribution in [0, 0.1) is 11.6 Å². The van der Waals surface area contributed by atoms with Crippen LogP contribution >= 0.6 is 0 Å². The Hall–Kier alpha value is -5.48. The van der Waals surface area contributed by atoms with E-state index in [1.165, 1.54) is 50.4 Å². The fourth-order valence-electron chi connectivity index (χ4n) is 9.39. The number of hydrogen-bond donors (Lipinski definition) is 0. The first-order valence-electron chi connectivity index (χ1n) is 18.9. The molecule has 0 aliphatic heterocycles. The molecule has 0 saturated heterocycles. The van der Waals surface area contributed by atoms with Crippen molar-refractivity contribution in [1.29, 1.82) is 0 Å². The lowest BCUT2D eigenvalue weighted by Gasteiger charge is -2.25. The van der Waals surface area contributed by atoms with Gasteiger partial charge in [-0.1, -0.05) is 72.8 Å². The van der Waals surface area contributed by atoms with Crippen LogP contribution in [0.4, 0.5) is 8.78 Å². The molecule has 0 saturated carbocycles. The van der Waals surface area contributed by atoms with Crippen molar-refractivity contribution in [1.82, 2.24) is 9.13 Å². The molecule has 256 valence electrons. The number of rotatable bonds is 5. The summed E-state index contributed by atoms with van der Waals surface area (Å²) in [5, 5.41) is 2.05. The molecule has 1 atom stereocenters. The maximum absolute atomic E-state index is 14.8. The molecule has 52 heavy (non-hydrogen) atoms. The summed E-state index contributed by atoms with van der Waals surface area (Å²) in [5.74, 6) is -0.163. The van der Waals surface area contributed by atoms with E-state index in [9.17, 15) is 8.78 Å².